The van der Waals surface area contributed by atoms with E-state index in [0.717, 1.165) is 154 Å². The molecule has 0 saturated carbocycles. The Labute approximate surface area is 619 Å². The summed E-state index contributed by atoms with van der Waals surface area (Å²) in [6.07, 6.45) is 81.8. The van der Waals surface area contributed by atoms with Crippen LogP contribution in [0.4, 0.5) is 0 Å². The van der Waals surface area contributed by atoms with Crippen LogP contribution in [0, 0.1) is 0 Å². The van der Waals surface area contributed by atoms with Gasteiger partial charge in [0.15, 0.2) is 12.2 Å². The highest BCUT2D eigenvalue weighted by molar-refractivity contribution is 7.47. The van der Waals surface area contributed by atoms with Crippen LogP contribution in [0.15, 0.2) is 122 Å². The first kappa shape index (κ1) is 97.5. The minimum Gasteiger partial charge on any atom is -0.462 e. The summed E-state index contributed by atoms with van der Waals surface area (Å²) in [7, 11) is -9.98. The fourth-order valence-electron chi connectivity index (χ4n) is 10.4. The Balaban J connectivity index is 5.42. The van der Waals surface area contributed by atoms with Gasteiger partial charge in [-0.15, -0.1) is 0 Å². The second-order valence-corrected chi connectivity index (χ2v) is 29.2. The van der Waals surface area contributed by atoms with Gasteiger partial charge in [-0.05, 0) is 128 Å². The smallest absolute Gasteiger partial charge is 0.462 e. The zero-order valence-corrected chi connectivity index (χ0v) is 65.8. The van der Waals surface area contributed by atoms with Crippen LogP contribution in [0.5, 0.6) is 0 Å². The quantitative estimate of drug-likeness (QED) is 0.0169. The highest BCUT2D eigenvalue weighted by Crippen LogP contribution is 2.45. The van der Waals surface area contributed by atoms with E-state index in [1.807, 2.05) is 12.2 Å². The van der Waals surface area contributed by atoms with E-state index in [4.69, 9.17) is 37.0 Å². The molecule has 19 heteroatoms. The molecule has 0 aromatic carbocycles. The lowest BCUT2D eigenvalue weighted by Gasteiger charge is -2.21. The molecule has 0 rings (SSSR count). The molecule has 17 nitrogen and oxygen atoms in total. The van der Waals surface area contributed by atoms with Crippen LogP contribution in [-0.2, 0) is 65.4 Å². The van der Waals surface area contributed by atoms with E-state index in [2.05, 4.69) is 137 Å². The Bertz CT molecular complexity index is 2410. The zero-order chi connectivity index (χ0) is 74.6. The molecule has 0 amide bonds. The molecule has 0 heterocycles. The van der Waals surface area contributed by atoms with Crippen LogP contribution in [0.25, 0.3) is 0 Å². The van der Waals surface area contributed by atoms with Gasteiger partial charge in [0, 0.05) is 25.7 Å². The average molecular weight is 1470 g/mol. The van der Waals surface area contributed by atoms with Crippen LogP contribution < -0.4 is 0 Å². The predicted octanol–water partition coefficient (Wildman–Crippen LogP) is 23.1. The molecule has 0 radical (unpaired) electrons. The predicted molar refractivity (Wildman–Crippen MR) is 418 cm³/mol. The van der Waals surface area contributed by atoms with Crippen molar-refractivity contribution in [2.45, 2.75) is 341 Å². The maximum absolute atomic E-state index is 13.1. The summed E-state index contributed by atoms with van der Waals surface area (Å²) in [6, 6.07) is 0. The second kappa shape index (κ2) is 74.7. The van der Waals surface area contributed by atoms with Crippen molar-refractivity contribution < 1.29 is 80.2 Å². The van der Waals surface area contributed by atoms with E-state index < -0.39 is 97.5 Å². The molecule has 102 heavy (non-hydrogen) atoms. The van der Waals surface area contributed by atoms with Crippen LogP contribution in [0.2, 0.25) is 0 Å². The fraction of sp³-hybridized carbons (Fsp3) is 0.711. The Kier molecular flexibility index (Phi) is 71.4. The molecule has 3 N–H and O–H groups in total. The third kappa shape index (κ3) is 73.8. The molecule has 0 aliphatic heterocycles. The first-order valence-corrected chi connectivity index (χ1v) is 42.8. The van der Waals surface area contributed by atoms with Gasteiger partial charge in [0.1, 0.15) is 19.3 Å². The Hall–Kier alpha value is -4.54. The maximum atomic E-state index is 13.1. The molecule has 5 unspecified atom stereocenters. The SMILES string of the molecule is CC/C=C\C/C=C\C/C=C\C/C=C\C/C=C\CCCC(=O)OCC(COP(=O)(O)OCC(O)COP(=O)(O)OCC(COC(=O)CCCCCCC/C=C\C/C=C\C/C=C\CC)OC(=O)CCCCCCCCCCCCCCCCC)OC(=O)CCCCCCC/C=C\C/C=C\CCCCC. The number of hydrogen-bond acceptors (Lipinski definition) is 15. The van der Waals surface area contributed by atoms with Crippen molar-refractivity contribution in [3.05, 3.63) is 122 Å². The van der Waals surface area contributed by atoms with Crippen LogP contribution in [0.1, 0.15) is 323 Å². The van der Waals surface area contributed by atoms with Crippen molar-refractivity contribution in [1.82, 2.24) is 0 Å². The number of ether oxygens (including phenoxy) is 4. The van der Waals surface area contributed by atoms with Gasteiger partial charge in [0.05, 0.1) is 26.4 Å². The summed E-state index contributed by atoms with van der Waals surface area (Å²) in [5.41, 5.74) is 0. The van der Waals surface area contributed by atoms with Crippen molar-refractivity contribution in [3.8, 4) is 0 Å². The Morgan fingerprint density at radius 2 is 0.520 bits per heavy atom. The number of phosphoric acid groups is 2. The van der Waals surface area contributed by atoms with Gasteiger partial charge >= 0.3 is 39.5 Å². The highest BCUT2D eigenvalue weighted by atomic mass is 31.2. The third-order valence-electron chi connectivity index (χ3n) is 16.4. The van der Waals surface area contributed by atoms with Crippen LogP contribution in [0.3, 0.4) is 0 Å². The molecule has 0 aliphatic carbocycles. The number of allylic oxidation sites excluding steroid dienone is 20. The minimum atomic E-state index is -4.99. The average Bonchev–Trinajstić information content (AvgIpc) is 0.923. The largest absolute Gasteiger partial charge is 0.472 e. The number of carbonyl (C=O) groups is 4. The molecular weight excluding hydrogens is 1330 g/mol. The van der Waals surface area contributed by atoms with Gasteiger partial charge in [-0.3, -0.25) is 37.3 Å². The number of aliphatic hydroxyl groups excluding tert-OH is 1. The molecule has 5 atom stereocenters. The number of hydrogen-bond donors (Lipinski definition) is 3. The Morgan fingerprint density at radius 1 is 0.284 bits per heavy atom. The molecule has 0 aromatic rings. The first-order chi connectivity index (χ1) is 49.7. The maximum Gasteiger partial charge on any atom is 0.472 e. The lowest BCUT2D eigenvalue weighted by atomic mass is 10.0. The number of aliphatic hydroxyl groups is 1. The van der Waals surface area contributed by atoms with Gasteiger partial charge in [0.25, 0.3) is 0 Å². The molecule has 0 aliphatic rings. The van der Waals surface area contributed by atoms with Gasteiger partial charge in [0.2, 0.25) is 0 Å². The molecule has 0 bridgehead atoms. The number of phosphoric ester groups is 2. The third-order valence-corrected chi connectivity index (χ3v) is 18.3. The summed E-state index contributed by atoms with van der Waals surface area (Å²) >= 11 is 0. The molecule has 0 aromatic heterocycles. The summed E-state index contributed by atoms with van der Waals surface area (Å²) in [6.45, 7) is 4.55. The second-order valence-electron chi connectivity index (χ2n) is 26.2. The van der Waals surface area contributed by atoms with E-state index in [0.29, 0.717) is 32.1 Å². The van der Waals surface area contributed by atoms with Gasteiger partial charge < -0.3 is 33.8 Å². The van der Waals surface area contributed by atoms with Crippen molar-refractivity contribution >= 4 is 39.5 Å². The minimum absolute atomic E-state index is 0.0647. The lowest BCUT2D eigenvalue weighted by Crippen LogP contribution is -2.30. The zero-order valence-electron chi connectivity index (χ0n) is 64.0. The molecule has 0 spiro atoms. The highest BCUT2D eigenvalue weighted by Gasteiger charge is 2.30. The molecule has 586 valence electrons. The summed E-state index contributed by atoms with van der Waals surface area (Å²) in [5, 5.41) is 10.6. The van der Waals surface area contributed by atoms with Crippen molar-refractivity contribution in [2.75, 3.05) is 39.6 Å². The number of carbonyl (C=O) groups excluding carboxylic acids is 4. The van der Waals surface area contributed by atoms with E-state index in [1.54, 1.807) is 0 Å². The van der Waals surface area contributed by atoms with Crippen molar-refractivity contribution in [3.63, 3.8) is 0 Å². The van der Waals surface area contributed by atoms with E-state index in [1.165, 1.54) is 83.5 Å². The van der Waals surface area contributed by atoms with Gasteiger partial charge in [-0.2, -0.15) is 0 Å². The normalized spacial score (nSPS) is 14.5. The summed E-state index contributed by atoms with van der Waals surface area (Å²) < 4.78 is 68.5. The molecule has 0 fully saturated rings. The van der Waals surface area contributed by atoms with Crippen molar-refractivity contribution in [1.29, 1.82) is 0 Å². The van der Waals surface area contributed by atoms with E-state index in [9.17, 15) is 43.2 Å². The molecular formula is C83H142O17P2. The standard InChI is InChI=1S/C83H142O17P2/c1-5-9-13-17-21-25-29-33-37-38-42-44-48-52-56-60-64-68-81(86)94-74-79(100-83(88)70-66-62-58-54-50-46-41-36-32-28-24-20-16-12-8-4)76-98-102(91,92)96-72-77(84)71-95-101(89,90)97-75-78(99-82(87)69-65-61-57-53-49-45-40-35-31-27-23-19-15-11-7-3)73-93-80(85)67-63-59-55-51-47-43-39-34-30-26-22-18-14-10-6-2/h9-10,13-14,21-22,24-26,28,33-34,36-37,39,41-42,44,52,56,77-79,84H,5-8,11-12,15-20,23,27,29-32,35,38,40,43,45-51,53-55,57-76H2,1-4H3,(H,89,90)(H,91,92)/b13-9-,14-10-,25-21-,26-22-,28-24-,37-33-,39-34-,41-36-,44-42-,56-52-. The number of unbranched alkanes of at least 4 members (excludes halogenated alkanes) is 28. The molecule has 0 saturated heterocycles. The van der Waals surface area contributed by atoms with Gasteiger partial charge in [-0.1, -0.05) is 290 Å². The van der Waals surface area contributed by atoms with Crippen LogP contribution >= 0.6 is 15.6 Å². The fourth-order valence-corrected chi connectivity index (χ4v) is 12.0. The lowest BCUT2D eigenvalue weighted by molar-refractivity contribution is -0.161. The van der Waals surface area contributed by atoms with Crippen molar-refractivity contribution in [2.24, 2.45) is 0 Å². The topological polar surface area (TPSA) is 237 Å². The number of rotatable bonds is 74. The number of esters is 4. The van der Waals surface area contributed by atoms with Gasteiger partial charge in [-0.25, -0.2) is 9.13 Å². The van der Waals surface area contributed by atoms with E-state index >= 15 is 0 Å². The summed E-state index contributed by atoms with van der Waals surface area (Å²) in [5.74, 6) is -2.27. The first-order valence-electron chi connectivity index (χ1n) is 39.8. The summed E-state index contributed by atoms with van der Waals surface area (Å²) in [4.78, 5) is 73.0. The Morgan fingerprint density at radius 3 is 0.843 bits per heavy atom. The van der Waals surface area contributed by atoms with E-state index in [-0.39, 0.29) is 25.7 Å². The van der Waals surface area contributed by atoms with Crippen LogP contribution in [-0.4, -0.2) is 96.7 Å². The monoisotopic (exact) mass is 1470 g/mol.